The van der Waals surface area contributed by atoms with Gasteiger partial charge in [0.1, 0.15) is 5.82 Å². The minimum atomic E-state index is -0.221. The first-order valence-electron chi connectivity index (χ1n) is 10.1. The standard InChI is InChI=1S/C21H30FN3O2/c22-19-9-7-17(8-10-19)16-24-11-4-12-25(14-13-24)20(26)15-23-21(27)18-5-2-1-3-6-18/h7-10,18H,1-6,11-16H2,(H,23,27). The van der Waals surface area contributed by atoms with Crippen LogP contribution in [0.5, 0.6) is 0 Å². The molecule has 1 heterocycles. The van der Waals surface area contributed by atoms with Crippen molar-refractivity contribution in [1.82, 2.24) is 15.1 Å². The molecule has 0 atom stereocenters. The summed E-state index contributed by atoms with van der Waals surface area (Å²) in [6.45, 7) is 3.96. The normalized spacial score (nSPS) is 19.5. The van der Waals surface area contributed by atoms with E-state index in [0.717, 1.165) is 63.8 Å². The highest BCUT2D eigenvalue weighted by atomic mass is 19.1. The molecule has 1 aliphatic heterocycles. The largest absolute Gasteiger partial charge is 0.347 e. The van der Waals surface area contributed by atoms with Crippen molar-refractivity contribution >= 4 is 11.8 Å². The maximum Gasteiger partial charge on any atom is 0.242 e. The summed E-state index contributed by atoms with van der Waals surface area (Å²) in [5, 5.41) is 2.85. The summed E-state index contributed by atoms with van der Waals surface area (Å²) in [5.41, 5.74) is 1.08. The van der Waals surface area contributed by atoms with Gasteiger partial charge in [-0.25, -0.2) is 4.39 Å². The van der Waals surface area contributed by atoms with Gasteiger partial charge in [0.15, 0.2) is 0 Å². The molecule has 1 aromatic rings. The zero-order chi connectivity index (χ0) is 19.1. The maximum absolute atomic E-state index is 13.0. The molecule has 148 valence electrons. The van der Waals surface area contributed by atoms with Gasteiger partial charge in [0.05, 0.1) is 6.54 Å². The molecule has 0 unspecified atom stereocenters. The van der Waals surface area contributed by atoms with Gasteiger partial charge in [0.25, 0.3) is 0 Å². The average Bonchev–Trinajstić information content (AvgIpc) is 2.94. The molecule has 5 nitrogen and oxygen atoms in total. The molecular weight excluding hydrogens is 345 g/mol. The lowest BCUT2D eigenvalue weighted by Crippen LogP contribution is -2.43. The smallest absolute Gasteiger partial charge is 0.242 e. The lowest BCUT2D eigenvalue weighted by molar-refractivity contribution is -0.134. The van der Waals surface area contributed by atoms with Crippen molar-refractivity contribution in [1.29, 1.82) is 0 Å². The third-order valence-electron chi connectivity index (χ3n) is 5.65. The third kappa shape index (κ3) is 6.03. The molecule has 1 N–H and O–H groups in total. The van der Waals surface area contributed by atoms with Crippen molar-refractivity contribution in [3.05, 3.63) is 35.6 Å². The van der Waals surface area contributed by atoms with Gasteiger partial charge in [0, 0.05) is 38.6 Å². The quantitative estimate of drug-likeness (QED) is 0.861. The third-order valence-corrected chi connectivity index (χ3v) is 5.65. The Balaban J connectivity index is 1.42. The van der Waals surface area contributed by atoms with Crippen molar-refractivity contribution in [2.75, 3.05) is 32.7 Å². The first-order valence-corrected chi connectivity index (χ1v) is 10.1. The van der Waals surface area contributed by atoms with Crippen LogP contribution in [0.3, 0.4) is 0 Å². The number of hydrogen-bond donors (Lipinski definition) is 1. The predicted octanol–water partition coefficient (Wildman–Crippen LogP) is 2.56. The van der Waals surface area contributed by atoms with Gasteiger partial charge >= 0.3 is 0 Å². The van der Waals surface area contributed by atoms with Crippen LogP contribution in [0.15, 0.2) is 24.3 Å². The molecule has 3 rings (SSSR count). The molecule has 0 spiro atoms. The Hall–Kier alpha value is -1.95. The van der Waals surface area contributed by atoms with Crippen LogP contribution < -0.4 is 5.32 Å². The fourth-order valence-corrected chi connectivity index (χ4v) is 4.01. The second kappa shape index (κ2) is 9.83. The van der Waals surface area contributed by atoms with E-state index >= 15 is 0 Å². The molecule has 1 saturated heterocycles. The summed E-state index contributed by atoms with van der Waals surface area (Å²) in [7, 11) is 0. The summed E-state index contributed by atoms with van der Waals surface area (Å²) in [4.78, 5) is 28.9. The SMILES string of the molecule is O=C(NCC(=O)N1CCCN(Cc2ccc(F)cc2)CC1)C1CCCCC1. The number of carbonyl (C=O) groups is 2. The van der Waals surface area contributed by atoms with Crippen LogP contribution in [0.25, 0.3) is 0 Å². The topological polar surface area (TPSA) is 52.7 Å². The number of hydrogen-bond acceptors (Lipinski definition) is 3. The summed E-state index contributed by atoms with van der Waals surface area (Å²) in [6, 6.07) is 6.59. The lowest BCUT2D eigenvalue weighted by Gasteiger charge is -2.24. The van der Waals surface area contributed by atoms with Crippen LogP contribution in [-0.2, 0) is 16.1 Å². The van der Waals surface area contributed by atoms with Crippen LogP contribution in [0.1, 0.15) is 44.1 Å². The predicted molar refractivity (Wildman–Crippen MR) is 102 cm³/mol. The molecule has 2 fully saturated rings. The van der Waals surface area contributed by atoms with Crippen LogP contribution in [-0.4, -0.2) is 54.3 Å². The maximum atomic E-state index is 13.0. The summed E-state index contributed by atoms with van der Waals surface area (Å²) in [5.74, 6) is -0.0952. The van der Waals surface area contributed by atoms with E-state index in [2.05, 4.69) is 10.2 Å². The Morgan fingerprint density at radius 1 is 0.963 bits per heavy atom. The minimum absolute atomic E-state index is 0.00258. The van der Waals surface area contributed by atoms with Gasteiger partial charge < -0.3 is 10.2 Å². The number of carbonyl (C=O) groups excluding carboxylic acids is 2. The van der Waals surface area contributed by atoms with E-state index in [1.54, 1.807) is 0 Å². The highest BCUT2D eigenvalue weighted by Crippen LogP contribution is 2.23. The number of halogens is 1. The highest BCUT2D eigenvalue weighted by Gasteiger charge is 2.23. The Morgan fingerprint density at radius 2 is 1.70 bits per heavy atom. The fourth-order valence-electron chi connectivity index (χ4n) is 4.01. The molecule has 0 radical (unpaired) electrons. The van der Waals surface area contributed by atoms with E-state index in [1.165, 1.54) is 18.6 Å². The van der Waals surface area contributed by atoms with E-state index in [4.69, 9.17) is 0 Å². The van der Waals surface area contributed by atoms with Crippen molar-refractivity contribution in [3.8, 4) is 0 Å². The second-order valence-corrected chi connectivity index (χ2v) is 7.69. The first kappa shape index (κ1) is 19.8. The highest BCUT2D eigenvalue weighted by molar-refractivity contribution is 5.85. The van der Waals surface area contributed by atoms with Gasteiger partial charge in [-0.15, -0.1) is 0 Å². The average molecular weight is 375 g/mol. The van der Waals surface area contributed by atoms with Crippen LogP contribution in [0.2, 0.25) is 0 Å². The number of nitrogens with one attached hydrogen (secondary N) is 1. The van der Waals surface area contributed by atoms with Gasteiger partial charge in [-0.2, -0.15) is 0 Å². The van der Waals surface area contributed by atoms with Crippen molar-refractivity contribution in [2.45, 2.75) is 45.1 Å². The molecule has 2 amide bonds. The van der Waals surface area contributed by atoms with E-state index in [0.29, 0.717) is 6.54 Å². The Kier molecular flexibility index (Phi) is 7.21. The van der Waals surface area contributed by atoms with Gasteiger partial charge in [-0.1, -0.05) is 31.4 Å². The number of benzene rings is 1. The van der Waals surface area contributed by atoms with Gasteiger partial charge in [-0.3, -0.25) is 14.5 Å². The molecule has 1 aromatic carbocycles. The van der Waals surface area contributed by atoms with Crippen LogP contribution >= 0.6 is 0 Å². The lowest BCUT2D eigenvalue weighted by atomic mass is 9.89. The van der Waals surface area contributed by atoms with Gasteiger partial charge in [-0.05, 0) is 37.0 Å². The molecular formula is C21H30FN3O2. The molecule has 1 saturated carbocycles. The summed E-state index contributed by atoms with van der Waals surface area (Å²) >= 11 is 0. The number of nitrogens with zero attached hydrogens (tertiary/aromatic N) is 2. The molecule has 0 aromatic heterocycles. The molecule has 2 aliphatic rings. The molecule has 6 heteroatoms. The molecule has 1 aliphatic carbocycles. The molecule has 27 heavy (non-hydrogen) atoms. The van der Waals surface area contributed by atoms with Crippen molar-refractivity contribution < 1.29 is 14.0 Å². The van der Waals surface area contributed by atoms with Crippen molar-refractivity contribution in [2.24, 2.45) is 5.92 Å². The van der Waals surface area contributed by atoms with E-state index in [-0.39, 0.29) is 30.1 Å². The minimum Gasteiger partial charge on any atom is -0.347 e. The Labute approximate surface area is 160 Å². The van der Waals surface area contributed by atoms with E-state index in [1.807, 2.05) is 17.0 Å². The zero-order valence-electron chi connectivity index (χ0n) is 16.0. The summed E-state index contributed by atoms with van der Waals surface area (Å²) < 4.78 is 13.0. The number of rotatable bonds is 5. The zero-order valence-corrected chi connectivity index (χ0v) is 16.0. The van der Waals surface area contributed by atoms with Gasteiger partial charge in [0.2, 0.25) is 11.8 Å². The van der Waals surface area contributed by atoms with Crippen LogP contribution in [0, 0.1) is 11.7 Å². The molecule has 0 bridgehead atoms. The van der Waals surface area contributed by atoms with E-state index < -0.39 is 0 Å². The second-order valence-electron chi connectivity index (χ2n) is 7.69. The van der Waals surface area contributed by atoms with Crippen molar-refractivity contribution in [3.63, 3.8) is 0 Å². The Morgan fingerprint density at radius 3 is 2.44 bits per heavy atom. The monoisotopic (exact) mass is 375 g/mol. The Bertz CT molecular complexity index is 629. The van der Waals surface area contributed by atoms with E-state index in [9.17, 15) is 14.0 Å². The first-order chi connectivity index (χ1) is 13.1. The summed E-state index contributed by atoms with van der Waals surface area (Å²) in [6.07, 6.45) is 6.24. The van der Waals surface area contributed by atoms with Crippen LogP contribution in [0.4, 0.5) is 4.39 Å². The number of amides is 2. The fraction of sp³-hybridized carbons (Fsp3) is 0.619.